The Morgan fingerprint density at radius 1 is 1.10 bits per heavy atom. The van der Waals surface area contributed by atoms with Crippen LogP contribution in [0, 0.1) is 5.41 Å². The molecule has 0 spiro atoms. The Labute approximate surface area is 184 Å². The number of benzene rings is 2. The van der Waals surface area contributed by atoms with Gasteiger partial charge < -0.3 is 15.0 Å². The summed E-state index contributed by atoms with van der Waals surface area (Å²) in [5, 5.41) is 12.2. The van der Waals surface area contributed by atoms with Gasteiger partial charge in [-0.3, -0.25) is 5.41 Å². The van der Waals surface area contributed by atoms with Gasteiger partial charge in [-0.15, -0.1) is 0 Å². The van der Waals surface area contributed by atoms with E-state index in [-0.39, 0.29) is 11.8 Å². The van der Waals surface area contributed by atoms with E-state index in [4.69, 9.17) is 15.1 Å². The van der Waals surface area contributed by atoms with Crippen LogP contribution in [-0.4, -0.2) is 43.7 Å². The zero-order valence-corrected chi connectivity index (χ0v) is 18.1. The van der Waals surface area contributed by atoms with Gasteiger partial charge in [-0.25, -0.2) is 4.99 Å². The van der Waals surface area contributed by atoms with Crippen molar-refractivity contribution >= 4 is 12.1 Å². The lowest BCUT2D eigenvalue weighted by molar-refractivity contribution is 0.341. The largest absolute Gasteiger partial charge is 0.496 e. The van der Waals surface area contributed by atoms with Crippen LogP contribution in [0.25, 0.3) is 0 Å². The summed E-state index contributed by atoms with van der Waals surface area (Å²) in [6.45, 7) is 2.85. The molecular formula is C26H30N4O. The van der Waals surface area contributed by atoms with Gasteiger partial charge in [0.2, 0.25) is 0 Å². The molecule has 2 aromatic rings. The minimum absolute atomic E-state index is 0.227. The van der Waals surface area contributed by atoms with Crippen molar-refractivity contribution in [1.29, 1.82) is 5.41 Å². The Balaban J connectivity index is 1.38. The predicted octanol–water partition coefficient (Wildman–Crippen LogP) is 4.66. The Kier molecular flexibility index (Phi) is 5.49. The second-order valence-electron chi connectivity index (χ2n) is 8.66. The van der Waals surface area contributed by atoms with Crippen molar-refractivity contribution in [3.05, 3.63) is 76.6 Å². The lowest BCUT2D eigenvalue weighted by Gasteiger charge is -2.29. The van der Waals surface area contributed by atoms with Crippen LogP contribution in [0.2, 0.25) is 0 Å². The molecule has 5 nitrogen and oxygen atoms in total. The standard InChI is InChI=1S/C26H30N4O/c1-31-24-11-4-3-10-21(24)23-17-29-26-22(23)15-20(16-28-26)18-8-7-9-19(14-18)25(27)30-12-5-2-6-13-30/h3-4,7-11,14,16,20,23,27,29H,2,5-6,12-13,15,17H2,1H3. The maximum Gasteiger partial charge on any atom is 0.128 e. The number of rotatable bonds is 4. The van der Waals surface area contributed by atoms with E-state index >= 15 is 0 Å². The first kappa shape index (κ1) is 19.9. The molecule has 2 unspecified atom stereocenters. The summed E-state index contributed by atoms with van der Waals surface area (Å²) in [5.41, 5.74) is 4.83. The molecule has 0 bridgehead atoms. The van der Waals surface area contributed by atoms with Crippen molar-refractivity contribution in [3.63, 3.8) is 0 Å². The monoisotopic (exact) mass is 414 g/mol. The normalized spacial score (nSPS) is 22.8. The summed E-state index contributed by atoms with van der Waals surface area (Å²) in [5.74, 6) is 3.12. The van der Waals surface area contributed by atoms with E-state index in [2.05, 4.69) is 52.8 Å². The lowest BCUT2D eigenvalue weighted by atomic mass is 9.83. The molecule has 0 radical (unpaired) electrons. The fraction of sp³-hybridized carbons (Fsp3) is 0.385. The number of para-hydroxylation sites is 1. The van der Waals surface area contributed by atoms with E-state index < -0.39 is 0 Å². The quantitative estimate of drug-likeness (QED) is 0.565. The highest BCUT2D eigenvalue weighted by Gasteiger charge is 2.32. The minimum atomic E-state index is 0.227. The summed E-state index contributed by atoms with van der Waals surface area (Å²) >= 11 is 0. The van der Waals surface area contributed by atoms with Gasteiger partial charge in [-0.1, -0.05) is 36.4 Å². The Morgan fingerprint density at radius 2 is 1.94 bits per heavy atom. The van der Waals surface area contributed by atoms with Crippen LogP contribution in [0.5, 0.6) is 5.75 Å². The van der Waals surface area contributed by atoms with Gasteiger partial charge in [0.15, 0.2) is 0 Å². The molecule has 0 aliphatic carbocycles. The van der Waals surface area contributed by atoms with Crippen LogP contribution in [0.3, 0.4) is 0 Å². The molecule has 1 fully saturated rings. The van der Waals surface area contributed by atoms with E-state index in [0.717, 1.165) is 43.2 Å². The first-order chi connectivity index (χ1) is 15.2. The van der Waals surface area contributed by atoms with Crippen molar-refractivity contribution in [2.24, 2.45) is 4.99 Å². The van der Waals surface area contributed by atoms with Crippen molar-refractivity contribution in [1.82, 2.24) is 10.2 Å². The molecular weight excluding hydrogens is 384 g/mol. The van der Waals surface area contributed by atoms with Gasteiger partial charge >= 0.3 is 0 Å². The van der Waals surface area contributed by atoms with Crippen LogP contribution in [-0.2, 0) is 0 Å². The topological polar surface area (TPSA) is 60.7 Å². The highest BCUT2D eigenvalue weighted by atomic mass is 16.5. The fourth-order valence-corrected chi connectivity index (χ4v) is 5.09. The molecule has 2 N–H and O–H groups in total. The molecule has 0 amide bonds. The van der Waals surface area contributed by atoms with Crippen molar-refractivity contribution in [2.75, 3.05) is 26.7 Å². The summed E-state index contributed by atoms with van der Waals surface area (Å²) in [6.07, 6.45) is 6.66. The number of likely N-dealkylation sites (tertiary alicyclic amines) is 1. The smallest absolute Gasteiger partial charge is 0.128 e. The molecule has 2 atom stereocenters. The third kappa shape index (κ3) is 3.85. The van der Waals surface area contributed by atoms with E-state index in [1.165, 1.54) is 36.0 Å². The van der Waals surface area contributed by atoms with Crippen LogP contribution in [0.1, 0.15) is 54.2 Å². The fourth-order valence-electron chi connectivity index (χ4n) is 5.09. The molecule has 5 heteroatoms. The molecule has 5 rings (SSSR count). The number of aliphatic imine (C=N–C) groups is 1. The van der Waals surface area contributed by atoms with Crippen LogP contribution in [0.15, 0.2) is 64.9 Å². The molecule has 31 heavy (non-hydrogen) atoms. The summed E-state index contributed by atoms with van der Waals surface area (Å²) in [4.78, 5) is 7.00. The average molecular weight is 415 g/mol. The molecule has 1 saturated heterocycles. The summed E-state index contributed by atoms with van der Waals surface area (Å²) in [7, 11) is 1.74. The number of methoxy groups -OCH3 is 1. The highest BCUT2D eigenvalue weighted by molar-refractivity contribution is 5.96. The molecule has 3 aliphatic heterocycles. The zero-order valence-electron chi connectivity index (χ0n) is 18.1. The van der Waals surface area contributed by atoms with Crippen molar-refractivity contribution < 1.29 is 4.74 Å². The van der Waals surface area contributed by atoms with E-state index in [9.17, 15) is 0 Å². The number of nitrogens with one attached hydrogen (secondary N) is 2. The minimum Gasteiger partial charge on any atom is -0.496 e. The SMILES string of the molecule is COc1ccccc1C1CNC2=C1CC(c1cccc(C(=N)N3CCCCC3)c1)C=N2. The van der Waals surface area contributed by atoms with Crippen molar-refractivity contribution in [3.8, 4) is 5.75 Å². The first-order valence-electron chi connectivity index (χ1n) is 11.3. The Morgan fingerprint density at radius 3 is 2.77 bits per heavy atom. The molecule has 2 aromatic carbocycles. The van der Waals surface area contributed by atoms with Gasteiger partial charge in [0.1, 0.15) is 17.4 Å². The average Bonchev–Trinajstić information content (AvgIpc) is 3.27. The second kappa shape index (κ2) is 8.58. The summed E-state index contributed by atoms with van der Waals surface area (Å²) < 4.78 is 5.63. The van der Waals surface area contributed by atoms with Crippen LogP contribution >= 0.6 is 0 Å². The maximum atomic E-state index is 8.70. The van der Waals surface area contributed by atoms with E-state index in [1.54, 1.807) is 7.11 Å². The van der Waals surface area contributed by atoms with Gasteiger partial charge in [-0.2, -0.15) is 0 Å². The number of nitrogens with zero attached hydrogens (tertiary/aromatic N) is 2. The predicted molar refractivity (Wildman–Crippen MR) is 125 cm³/mol. The zero-order chi connectivity index (χ0) is 21.2. The number of hydrogen-bond acceptors (Lipinski definition) is 4. The molecule has 3 heterocycles. The van der Waals surface area contributed by atoms with E-state index in [0.29, 0.717) is 5.84 Å². The number of piperidine rings is 1. The van der Waals surface area contributed by atoms with Gasteiger partial charge in [0.05, 0.1) is 7.11 Å². The molecule has 160 valence electrons. The maximum absolute atomic E-state index is 8.70. The summed E-state index contributed by atoms with van der Waals surface area (Å²) in [6, 6.07) is 16.8. The Hall–Kier alpha value is -3.08. The van der Waals surface area contributed by atoms with Crippen molar-refractivity contribution in [2.45, 2.75) is 37.5 Å². The van der Waals surface area contributed by atoms with Gasteiger partial charge in [-0.05, 0) is 49.0 Å². The number of amidine groups is 1. The molecule has 0 saturated carbocycles. The van der Waals surface area contributed by atoms with Crippen LogP contribution in [0.4, 0.5) is 0 Å². The van der Waals surface area contributed by atoms with Gasteiger partial charge in [0.25, 0.3) is 0 Å². The lowest BCUT2D eigenvalue weighted by Crippen LogP contribution is -2.35. The number of hydrogen-bond donors (Lipinski definition) is 2. The third-order valence-electron chi connectivity index (χ3n) is 6.80. The molecule has 3 aliphatic rings. The third-order valence-corrected chi connectivity index (χ3v) is 6.80. The second-order valence-corrected chi connectivity index (χ2v) is 8.66. The Bertz CT molecular complexity index is 1040. The van der Waals surface area contributed by atoms with Gasteiger partial charge in [0, 0.05) is 48.8 Å². The van der Waals surface area contributed by atoms with Crippen LogP contribution < -0.4 is 10.1 Å². The van der Waals surface area contributed by atoms with E-state index in [1.807, 2.05) is 12.1 Å². The first-order valence-corrected chi connectivity index (χ1v) is 11.3. The number of ether oxygens (including phenoxy) is 1. The highest BCUT2D eigenvalue weighted by Crippen LogP contribution is 2.42. The molecule has 0 aromatic heterocycles.